The first-order chi connectivity index (χ1) is 8.85. The summed E-state index contributed by atoms with van der Waals surface area (Å²) in [4.78, 5) is 24.4. The van der Waals surface area contributed by atoms with Crippen LogP contribution >= 0.6 is 0 Å². The number of amides is 1. The van der Waals surface area contributed by atoms with Crippen molar-refractivity contribution in [3.63, 3.8) is 0 Å². The van der Waals surface area contributed by atoms with E-state index in [9.17, 15) is 9.59 Å². The van der Waals surface area contributed by atoms with Gasteiger partial charge in [0.1, 0.15) is 5.60 Å². The molecule has 0 spiro atoms. The molecule has 19 heavy (non-hydrogen) atoms. The number of carboxylic acid groups (broad SMARTS) is 1. The van der Waals surface area contributed by atoms with Crippen LogP contribution in [0.25, 0.3) is 0 Å². The highest BCUT2D eigenvalue weighted by Gasteiger charge is 2.40. The summed E-state index contributed by atoms with van der Waals surface area (Å²) in [5.74, 6) is -1.20. The minimum atomic E-state index is -1.11. The predicted molar refractivity (Wildman–Crippen MR) is 63.7 cm³/mol. The van der Waals surface area contributed by atoms with Crippen LogP contribution < -0.4 is 0 Å². The molecule has 1 aliphatic heterocycles. The Hall–Kier alpha value is -1.96. The maximum absolute atomic E-state index is 12.0. The molecule has 0 saturated carbocycles. The number of ether oxygens (including phenoxy) is 1. The Morgan fingerprint density at radius 2 is 2.11 bits per heavy atom. The number of likely N-dealkylation sites (tertiary alicyclic amines) is 1. The second-order valence-electron chi connectivity index (χ2n) is 4.97. The fourth-order valence-corrected chi connectivity index (χ4v) is 1.81. The molecule has 1 amide bonds. The number of aromatic carboxylic acids is 1. The van der Waals surface area contributed by atoms with E-state index in [1.165, 1.54) is 18.0 Å². The molecule has 1 saturated heterocycles. The number of methoxy groups -OCH3 is 1. The standard InChI is InChI=1S/C11H16N4O4/c1-11(2,19-3)10(18)14-4-7(5-14)15-6-8(9(16)17)12-13-15/h6-7H,4-5H2,1-3H3,(H,16,17). The second kappa shape index (κ2) is 4.61. The fourth-order valence-electron chi connectivity index (χ4n) is 1.81. The lowest BCUT2D eigenvalue weighted by molar-refractivity contribution is -0.157. The third kappa shape index (κ3) is 2.43. The molecule has 1 N–H and O–H groups in total. The van der Waals surface area contributed by atoms with Crippen molar-refractivity contribution >= 4 is 11.9 Å². The van der Waals surface area contributed by atoms with Crippen molar-refractivity contribution in [2.45, 2.75) is 25.5 Å². The SMILES string of the molecule is COC(C)(C)C(=O)N1CC(n2cc(C(=O)O)nn2)C1. The molecule has 8 nitrogen and oxygen atoms in total. The minimum Gasteiger partial charge on any atom is -0.476 e. The summed E-state index contributed by atoms with van der Waals surface area (Å²) in [6.45, 7) is 4.38. The van der Waals surface area contributed by atoms with Gasteiger partial charge in [0.25, 0.3) is 5.91 Å². The van der Waals surface area contributed by atoms with Crippen LogP contribution in [0.1, 0.15) is 30.4 Å². The zero-order valence-electron chi connectivity index (χ0n) is 11.0. The van der Waals surface area contributed by atoms with E-state index in [0.29, 0.717) is 13.1 Å². The number of carbonyl (C=O) groups excluding carboxylic acids is 1. The number of rotatable bonds is 4. The Balaban J connectivity index is 1.96. The number of hydrogen-bond donors (Lipinski definition) is 1. The lowest BCUT2D eigenvalue weighted by Gasteiger charge is -2.42. The fraction of sp³-hybridized carbons (Fsp3) is 0.636. The smallest absolute Gasteiger partial charge is 0.358 e. The van der Waals surface area contributed by atoms with Crippen LogP contribution in [0.3, 0.4) is 0 Å². The number of aromatic nitrogens is 3. The van der Waals surface area contributed by atoms with Crippen molar-refractivity contribution in [3.8, 4) is 0 Å². The van der Waals surface area contributed by atoms with E-state index in [1.54, 1.807) is 18.7 Å². The van der Waals surface area contributed by atoms with Gasteiger partial charge in [-0.15, -0.1) is 5.10 Å². The van der Waals surface area contributed by atoms with E-state index in [0.717, 1.165) is 0 Å². The monoisotopic (exact) mass is 268 g/mol. The zero-order valence-corrected chi connectivity index (χ0v) is 11.0. The van der Waals surface area contributed by atoms with E-state index in [-0.39, 0.29) is 17.6 Å². The molecule has 0 radical (unpaired) electrons. The molecule has 0 bridgehead atoms. The lowest BCUT2D eigenvalue weighted by Crippen LogP contribution is -2.57. The highest BCUT2D eigenvalue weighted by molar-refractivity contribution is 5.85. The van der Waals surface area contributed by atoms with Gasteiger partial charge in [-0.25, -0.2) is 9.48 Å². The number of carboxylic acids is 1. The molecule has 1 aromatic rings. The maximum Gasteiger partial charge on any atom is 0.358 e. The number of nitrogens with zero attached hydrogens (tertiary/aromatic N) is 4. The average Bonchev–Trinajstić information content (AvgIpc) is 2.76. The Bertz CT molecular complexity index is 505. The Labute approximate surface area is 109 Å². The van der Waals surface area contributed by atoms with E-state index in [4.69, 9.17) is 9.84 Å². The number of hydrogen-bond acceptors (Lipinski definition) is 5. The van der Waals surface area contributed by atoms with Gasteiger partial charge < -0.3 is 14.7 Å². The van der Waals surface area contributed by atoms with Crippen molar-refractivity contribution < 1.29 is 19.4 Å². The van der Waals surface area contributed by atoms with Gasteiger partial charge in [-0.2, -0.15) is 0 Å². The van der Waals surface area contributed by atoms with Crippen LogP contribution in [0.4, 0.5) is 0 Å². The van der Waals surface area contributed by atoms with Crippen molar-refractivity contribution in [3.05, 3.63) is 11.9 Å². The zero-order chi connectivity index (χ0) is 14.2. The summed E-state index contributed by atoms with van der Waals surface area (Å²) in [5.41, 5.74) is -0.943. The van der Waals surface area contributed by atoms with Crippen LogP contribution in [0.2, 0.25) is 0 Å². The highest BCUT2D eigenvalue weighted by atomic mass is 16.5. The summed E-state index contributed by atoms with van der Waals surface area (Å²) in [6, 6.07) is -0.0304. The first kappa shape index (κ1) is 13.5. The number of carbonyl (C=O) groups is 2. The van der Waals surface area contributed by atoms with Gasteiger partial charge in [0, 0.05) is 20.2 Å². The van der Waals surface area contributed by atoms with Crippen LogP contribution in [0, 0.1) is 0 Å². The summed E-state index contributed by atoms with van der Waals surface area (Å²) >= 11 is 0. The quantitative estimate of drug-likeness (QED) is 0.811. The summed E-state index contributed by atoms with van der Waals surface area (Å²) < 4.78 is 6.61. The molecule has 1 fully saturated rings. The van der Waals surface area contributed by atoms with Gasteiger partial charge in [-0.05, 0) is 13.8 Å². The Kier molecular flexibility index (Phi) is 3.27. The van der Waals surface area contributed by atoms with Crippen LogP contribution in [0.15, 0.2) is 6.20 Å². The molecule has 104 valence electrons. The predicted octanol–water partition coefficient (Wildman–Crippen LogP) is -0.215. The molecule has 2 heterocycles. The molecule has 0 unspecified atom stereocenters. The molecule has 0 aliphatic carbocycles. The van der Waals surface area contributed by atoms with Crippen molar-refractivity contribution in [1.82, 2.24) is 19.9 Å². The Morgan fingerprint density at radius 3 is 2.58 bits per heavy atom. The largest absolute Gasteiger partial charge is 0.476 e. The summed E-state index contributed by atoms with van der Waals surface area (Å²) in [5, 5.41) is 16.0. The molecule has 1 aliphatic rings. The lowest BCUT2D eigenvalue weighted by atomic mass is 10.0. The molecular formula is C11H16N4O4. The van der Waals surface area contributed by atoms with Crippen molar-refractivity contribution in [1.29, 1.82) is 0 Å². The molecule has 0 atom stereocenters. The van der Waals surface area contributed by atoms with E-state index >= 15 is 0 Å². The molecule has 1 aromatic heterocycles. The average molecular weight is 268 g/mol. The second-order valence-corrected chi connectivity index (χ2v) is 4.97. The first-order valence-corrected chi connectivity index (χ1v) is 5.85. The maximum atomic E-state index is 12.0. The summed E-state index contributed by atoms with van der Waals surface area (Å²) in [6.07, 6.45) is 1.37. The van der Waals surface area contributed by atoms with E-state index < -0.39 is 11.6 Å². The first-order valence-electron chi connectivity index (χ1n) is 5.85. The van der Waals surface area contributed by atoms with Crippen molar-refractivity contribution in [2.24, 2.45) is 0 Å². The molecular weight excluding hydrogens is 252 g/mol. The Morgan fingerprint density at radius 1 is 1.47 bits per heavy atom. The molecule has 2 rings (SSSR count). The molecule has 0 aromatic carbocycles. The summed E-state index contributed by atoms with van der Waals surface area (Å²) in [7, 11) is 1.49. The minimum absolute atomic E-state index is 0.0304. The van der Waals surface area contributed by atoms with Gasteiger partial charge in [0.2, 0.25) is 0 Å². The normalized spacial score (nSPS) is 16.3. The van der Waals surface area contributed by atoms with E-state index in [1.807, 2.05) is 0 Å². The van der Waals surface area contributed by atoms with Gasteiger partial charge in [0.05, 0.1) is 12.2 Å². The van der Waals surface area contributed by atoms with Gasteiger partial charge in [-0.1, -0.05) is 5.21 Å². The van der Waals surface area contributed by atoms with Crippen molar-refractivity contribution in [2.75, 3.05) is 20.2 Å². The van der Waals surface area contributed by atoms with Gasteiger partial charge >= 0.3 is 5.97 Å². The highest BCUT2D eigenvalue weighted by Crippen LogP contribution is 2.24. The third-order valence-corrected chi connectivity index (χ3v) is 3.28. The van der Waals surface area contributed by atoms with Crippen LogP contribution in [0.5, 0.6) is 0 Å². The van der Waals surface area contributed by atoms with Crippen LogP contribution in [-0.4, -0.2) is 62.7 Å². The van der Waals surface area contributed by atoms with Gasteiger partial charge in [-0.3, -0.25) is 4.79 Å². The van der Waals surface area contributed by atoms with E-state index in [2.05, 4.69) is 10.3 Å². The molecule has 8 heteroatoms. The van der Waals surface area contributed by atoms with Crippen LogP contribution in [-0.2, 0) is 9.53 Å². The topological polar surface area (TPSA) is 97.5 Å². The van der Waals surface area contributed by atoms with Gasteiger partial charge in [0.15, 0.2) is 5.69 Å². The third-order valence-electron chi connectivity index (χ3n) is 3.28.